The van der Waals surface area contributed by atoms with Crippen LogP contribution in [0.3, 0.4) is 0 Å². The highest BCUT2D eigenvalue weighted by molar-refractivity contribution is 5.87. The van der Waals surface area contributed by atoms with E-state index in [1.54, 1.807) is 0 Å². The topological polar surface area (TPSA) is 57.6 Å². The Morgan fingerprint density at radius 1 is 1.40 bits per heavy atom. The van der Waals surface area contributed by atoms with E-state index in [-0.39, 0.29) is 23.8 Å². The molecule has 1 N–H and O–H groups in total. The van der Waals surface area contributed by atoms with Crippen molar-refractivity contribution in [2.45, 2.75) is 31.6 Å². The lowest BCUT2D eigenvalue weighted by Gasteiger charge is -2.20. The number of carbonyl (C=O) groups excluding carboxylic acids is 1. The third-order valence-electron chi connectivity index (χ3n) is 4.79. The molecule has 3 rings (SSSR count). The number of benzene rings is 1. The molecule has 0 aliphatic heterocycles. The number of aryl methyl sites for hydroxylation is 1. The summed E-state index contributed by atoms with van der Waals surface area (Å²) in [5.41, 5.74) is 2.66. The van der Waals surface area contributed by atoms with Crippen molar-refractivity contribution in [3.8, 4) is 0 Å². The van der Waals surface area contributed by atoms with Gasteiger partial charge in [-0.05, 0) is 37.3 Å². The summed E-state index contributed by atoms with van der Waals surface area (Å²) in [6.45, 7) is 2.10. The molecular weight excluding hydrogens is 254 g/mol. The quantitative estimate of drug-likeness (QED) is 0.910. The number of rotatable bonds is 4. The Morgan fingerprint density at radius 2 is 2.15 bits per heavy atom. The van der Waals surface area contributed by atoms with Crippen molar-refractivity contribution >= 4 is 11.9 Å². The second kappa shape index (κ2) is 4.62. The predicted octanol–water partition coefficient (Wildman–Crippen LogP) is 1.82. The van der Waals surface area contributed by atoms with Crippen LogP contribution in [0.25, 0.3) is 0 Å². The molecule has 106 valence electrons. The third kappa shape index (κ3) is 1.90. The average molecular weight is 273 g/mol. The molecule has 0 bridgehead atoms. The highest BCUT2D eigenvalue weighted by Crippen LogP contribution is 2.61. The Balaban J connectivity index is 1.79. The maximum absolute atomic E-state index is 12.5. The SMILES string of the molecule is CCN(CC(=O)O)C(=O)C1CC12CCc1ccccc12. The summed E-state index contributed by atoms with van der Waals surface area (Å²) in [6, 6.07) is 8.34. The number of aliphatic carboxylic acids is 1. The Bertz CT molecular complexity index is 569. The number of amides is 1. The van der Waals surface area contributed by atoms with Crippen LogP contribution >= 0.6 is 0 Å². The lowest BCUT2D eigenvalue weighted by molar-refractivity contribution is -0.145. The summed E-state index contributed by atoms with van der Waals surface area (Å²) >= 11 is 0. The number of carboxylic acids is 1. The summed E-state index contributed by atoms with van der Waals surface area (Å²) in [6.07, 6.45) is 2.93. The van der Waals surface area contributed by atoms with Gasteiger partial charge in [0.25, 0.3) is 0 Å². The molecule has 1 amide bonds. The van der Waals surface area contributed by atoms with Gasteiger partial charge in [0.05, 0.1) is 0 Å². The highest BCUT2D eigenvalue weighted by atomic mass is 16.4. The highest BCUT2D eigenvalue weighted by Gasteiger charge is 2.61. The van der Waals surface area contributed by atoms with Crippen LogP contribution in [0.1, 0.15) is 30.9 Å². The van der Waals surface area contributed by atoms with Crippen LogP contribution in [-0.4, -0.2) is 35.0 Å². The maximum atomic E-state index is 12.5. The van der Waals surface area contributed by atoms with Crippen LogP contribution in [0, 0.1) is 5.92 Å². The van der Waals surface area contributed by atoms with Gasteiger partial charge in [0, 0.05) is 17.9 Å². The van der Waals surface area contributed by atoms with Gasteiger partial charge in [0.1, 0.15) is 6.54 Å². The van der Waals surface area contributed by atoms with E-state index in [1.807, 2.05) is 19.1 Å². The molecule has 2 aliphatic rings. The molecule has 2 unspecified atom stereocenters. The van der Waals surface area contributed by atoms with E-state index >= 15 is 0 Å². The van der Waals surface area contributed by atoms with Crippen molar-refractivity contribution in [3.63, 3.8) is 0 Å². The minimum Gasteiger partial charge on any atom is -0.480 e. The third-order valence-corrected chi connectivity index (χ3v) is 4.79. The van der Waals surface area contributed by atoms with Crippen molar-refractivity contribution in [2.75, 3.05) is 13.1 Å². The molecule has 1 aromatic carbocycles. The normalized spacial score (nSPS) is 26.4. The first-order valence-electron chi connectivity index (χ1n) is 7.17. The van der Waals surface area contributed by atoms with Gasteiger partial charge in [0.2, 0.25) is 5.91 Å². The molecule has 2 aliphatic carbocycles. The van der Waals surface area contributed by atoms with Crippen LogP contribution in [0.4, 0.5) is 0 Å². The number of fused-ring (bicyclic) bond motifs is 2. The molecule has 2 atom stereocenters. The van der Waals surface area contributed by atoms with Crippen molar-refractivity contribution in [1.82, 2.24) is 4.90 Å². The molecule has 1 fully saturated rings. The summed E-state index contributed by atoms with van der Waals surface area (Å²) in [5.74, 6) is -0.959. The standard InChI is InChI=1S/C16H19NO3/c1-2-17(10-14(18)19)15(20)13-9-16(13)8-7-11-5-3-4-6-12(11)16/h3-6,13H,2,7-10H2,1H3,(H,18,19). The van der Waals surface area contributed by atoms with E-state index in [1.165, 1.54) is 16.0 Å². The van der Waals surface area contributed by atoms with Crippen LogP contribution < -0.4 is 0 Å². The van der Waals surface area contributed by atoms with Crippen molar-refractivity contribution in [1.29, 1.82) is 0 Å². The first-order chi connectivity index (χ1) is 9.58. The number of hydrogen-bond donors (Lipinski definition) is 1. The van der Waals surface area contributed by atoms with Gasteiger partial charge in [-0.3, -0.25) is 9.59 Å². The molecule has 0 heterocycles. The number of nitrogens with zero attached hydrogens (tertiary/aromatic N) is 1. The van der Waals surface area contributed by atoms with Gasteiger partial charge in [-0.2, -0.15) is 0 Å². The van der Waals surface area contributed by atoms with Crippen LogP contribution in [0.5, 0.6) is 0 Å². The molecule has 1 spiro atoms. The van der Waals surface area contributed by atoms with Crippen molar-refractivity contribution in [3.05, 3.63) is 35.4 Å². The van der Waals surface area contributed by atoms with E-state index in [0.717, 1.165) is 19.3 Å². The first-order valence-corrected chi connectivity index (χ1v) is 7.17. The molecule has 1 saturated carbocycles. The Morgan fingerprint density at radius 3 is 2.85 bits per heavy atom. The van der Waals surface area contributed by atoms with Gasteiger partial charge in [0.15, 0.2) is 0 Å². The van der Waals surface area contributed by atoms with Crippen molar-refractivity contribution < 1.29 is 14.7 Å². The number of carbonyl (C=O) groups is 2. The molecule has 1 aromatic rings. The van der Waals surface area contributed by atoms with E-state index < -0.39 is 5.97 Å². The van der Waals surface area contributed by atoms with Gasteiger partial charge >= 0.3 is 5.97 Å². The van der Waals surface area contributed by atoms with Gasteiger partial charge < -0.3 is 10.0 Å². The number of hydrogen-bond acceptors (Lipinski definition) is 2. The molecule has 4 nitrogen and oxygen atoms in total. The fourth-order valence-electron chi connectivity index (χ4n) is 3.65. The summed E-state index contributed by atoms with van der Waals surface area (Å²) in [7, 11) is 0. The molecular formula is C16H19NO3. The van der Waals surface area contributed by atoms with E-state index in [2.05, 4.69) is 12.1 Å². The molecule has 20 heavy (non-hydrogen) atoms. The van der Waals surface area contributed by atoms with Crippen LogP contribution in [0.15, 0.2) is 24.3 Å². The fraction of sp³-hybridized carbons (Fsp3) is 0.500. The minimum atomic E-state index is -0.943. The van der Waals surface area contributed by atoms with Crippen LogP contribution in [-0.2, 0) is 21.4 Å². The van der Waals surface area contributed by atoms with Crippen molar-refractivity contribution in [2.24, 2.45) is 5.92 Å². The average Bonchev–Trinajstić information content (AvgIpc) is 3.05. The van der Waals surface area contributed by atoms with E-state index in [4.69, 9.17) is 5.11 Å². The summed E-state index contributed by atoms with van der Waals surface area (Å²) in [5, 5.41) is 8.89. The number of likely N-dealkylation sites (N-methyl/N-ethyl adjacent to an activating group) is 1. The Labute approximate surface area is 118 Å². The summed E-state index contributed by atoms with van der Waals surface area (Å²) in [4.78, 5) is 24.8. The predicted molar refractivity (Wildman–Crippen MR) is 74.4 cm³/mol. The number of carboxylic acid groups (broad SMARTS) is 1. The molecule has 0 radical (unpaired) electrons. The lowest BCUT2D eigenvalue weighted by Crippen LogP contribution is -2.37. The fourth-order valence-corrected chi connectivity index (χ4v) is 3.65. The maximum Gasteiger partial charge on any atom is 0.323 e. The first kappa shape index (κ1) is 13.2. The smallest absolute Gasteiger partial charge is 0.323 e. The lowest BCUT2D eigenvalue weighted by atomic mass is 9.95. The molecule has 4 heteroatoms. The minimum absolute atomic E-state index is 0.000397. The molecule has 0 aromatic heterocycles. The molecule has 0 saturated heterocycles. The zero-order valence-electron chi connectivity index (χ0n) is 11.6. The summed E-state index contributed by atoms with van der Waals surface area (Å²) < 4.78 is 0. The second-order valence-electron chi connectivity index (χ2n) is 5.82. The second-order valence-corrected chi connectivity index (χ2v) is 5.82. The monoisotopic (exact) mass is 273 g/mol. The van der Waals surface area contributed by atoms with Gasteiger partial charge in [-0.1, -0.05) is 24.3 Å². The zero-order valence-corrected chi connectivity index (χ0v) is 11.6. The zero-order chi connectivity index (χ0) is 14.3. The Hall–Kier alpha value is -1.84. The van der Waals surface area contributed by atoms with Crippen LogP contribution in [0.2, 0.25) is 0 Å². The van der Waals surface area contributed by atoms with E-state index in [9.17, 15) is 9.59 Å². The van der Waals surface area contributed by atoms with Gasteiger partial charge in [-0.15, -0.1) is 0 Å². The largest absolute Gasteiger partial charge is 0.480 e. The van der Waals surface area contributed by atoms with E-state index in [0.29, 0.717) is 6.54 Å². The Kier molecular flexibility index (Phi) is 3.04. The van der Waals surface area contributed by atoms with Gasteiger partial charge in [-0.25, -0.2) is 0 Å².